The van der Waals surface area contributed by atoms with Gasteiger partial charge in [-0.15, -0.1) is 0 Å². The highest BCUT2D eigenvalue weighted by molar-refractivity contribution is 5.73. The summed E-state index contributed by atoms with van der Waals surface area (Å²) in [6.45, 7) is 9.55. The average Bonchev–Trinajstić information content (AvgIpc) is 2.22. The van der Waals surface area contributed by atoms with E-state index in [-0.39, 0.29) is 0 Å². The summed E-state index contributed by atoms with van der Waals surface area (Å²) in [6.07, 6.45) is 2.37. The summed E-state index contributed by atoms with van der Waals surface area (Å²) in [6, 6.07) is 0. The van der Waals surface area contributed by atoms with Crippen molar-refractivity contribution in [2.75, 3.05) is 33.2 Å². The summed E-state index contributed by atoms with van der Waals surface area (Å²) in [5, 5.41) is 12.4. The quantitative estimate of drug-likeness (QED) is 0.765. The van der Waals surface area contributed by atoms with Crippen LogP contribution in [0.5, 0.6) is 0 Å². The van der Waals surface area contributed by atoms with Gasteiger partial charge >= 0.3 is 5.97 Å². The van der Waals surface area contributed by atoms with Crippen molar-refractivity contribution in [2.45, 2.75) is 33.6 Å². The van der Waals surface area contributed by atoms with Gasteiger partial charge in [0.1, 0.15) is 0 Å². The van der Waals surface area contributed by atoms with E-state index in [9.17, 15) is 4.79 Å². The van der Waals surface area contributed by atoms with Crippen LogP contribution in [0, 0.1) is 10.8 Å². The first-order valence-corrected chi connectivity index (χ1v) is 6.38. The van der Waals surface area contributed by atoms with Crippen LogP contribution in [0.2, 0.25) is 0 Å². The van der Waals surface area contributed by atoms with E-state index in [1.807, 2.05) is 0 Å². The maximum atomic E-state index is 11.0. The first-order valence-electron chi connectivity index (χ1n) is 6.38. The predicted octanol–water partition coefficient (Wildman–Crippen LogP) is 1.42. The fraction of sp³-hybridized carbons (Fsp3) is 0.923. The van der Waals surface area contributed by atoms with Crippen LogP contribution in [0.25, 0.3) is 0 Å². The normalized spacial score (nSPS) is 21.4. The lowest BCUT2D eigenvalue weighted by Crippen LogP contribution is -2.45. The first kappa shape index (κ1) is 14.5. The zero-order chi connectivity index (χ0) is 13.1. The van der Waals surface area contributed by atoms with Crippen LogP contribution in [0.3, 0.4) is 0 Å². The van der Waals surface area contributed by atoms with E-state index >= 15 is 0 Å². The van der Waals surface area contributed by atoms with Crippen LogP contribution in [-0.4, -0.2) is 49.2 Å². The predicted molar refractivity (Wildman–Crippen MR) is 69.1 cm³/mol. The van der Waals surface area contributed by atoms with Gasteiger partial charge in [0, 0.05) is 13.1 Å². The molecule has 1 fully saturated rings. The molecular formula is C13H26N2O2. The monoisotopic (exact) mass is 242 g/mol. The van der Waals surface area contributed by atoms with E-state index in [0.29, 0.717) is 12.0 Å². The molecule has 0 atom stereocenters. The zero-order valence-electron chi connectivity index (χ0n) is 11.5. The van der Waals surface area contributed by atoms with Gasteiger partial charge in [-0.25, -0.2) is 0 Å². The maximum Gasteiger partial charge on any atom is 0.310 e. The van der Waals surface area contributed by atoms with Gasteiger partial charge in [0.05, 0.1) is 5.41 Å². The standard InChI is InChI=1S/C13H26N2O2/c1-12(2,11(16)17)9-14-10-13(3)5-7-15(4)8-6-13/h14H,5-10H2,1-4H3,(H,16,17). The lowest BCUT2D eigenvalue weighted by Gasteiger charge is -2.38. The van der Waals surface area contributed by atoms with E-state index in [4.69, 9.17) is 5.11 Å². The van der Waals surface area contributed by atoms with E-state index in [1.54, 1.807) is 13.8 Å². The Bertz CT molecular complexity index is 269. The van der Waals surface area contributed by atoms with Crippen LogP contribution in [0.4, 0.5) is 0 Å². The van der Waals surface area contributed by atoms with Crippen molar-refractivity contribution < 1.29 is 9.90 Å². The van der Waals surface area contributed by atoms with Crippen molar-refractivity contribution >= 4 is 5.97 Å². The molecule has 0 bridgehead atoms. The number of rotatable bonds is 5. The largest absolute Gasteiger partial charge is 0.481 e. The Morgan fingerprint density at radius 3 is 2.41 bits per heavy atom. The molecule has 0 aromatic heterocycles. The Morgan fingerprint density at radius 1 is 1.41 bits per heavy atom. The number of aliphatic carboxylic acids is 1. The van der Waals surface area contributed by atoms with Gasteiger partial charge in [0.25, 0.3) is 0 Å². The molecule has 1 heterocycles. The van der Waals surface area contributed by atoms with Crippen LogP contribution in [-0.2, 0) is 4.79 Å². The summed E-state index contributed by atoms with van der Waals surface area (Å²) in [4.78, 5) is 13.3. The molecule has 0 aromatic carbocycles. The van der Waals surface area contributed by atoms with E-state index < -0.39 is 11.4 Å². The molecule has 1 aliphatic heterocycles. The molecule has 0 unspecified atom stereocenters. The van der Waals surface area contributed by atoms with Crippen LogP contribution in [0.15, 0.2) is 0 Å². The molecule has 17 heavy (non-hydrogen) atoms. The smallest absolute Gasteiger partial charge is 0.310 e. The van der Waals surface area contributed by atoms with Gasteiger partial charge in [0.2, 0.25) is 0 Å². The van der Waals surface area contributed by atoms with Crippen LogP contribution < -0.4 is 5.32 Å². The number of hydrogen-bond donors (Lipinski definition) is 2. The molecule has 0 radical (unpaired) electrons. The highest BCUT2D eigenvalue weighted by atomic mass is 16.4. The van der Waals surface area contributed by atoms with Gasteiger partial charge in [0.15, 0.2) is 0 Å². The fourth-order valence-electron chi connectivity index (χ4n) is 2.09. The number of nitrogens with zero attached hydrogens (tertiary/aromatic N) is 1. The summed E-state index contributed by atoms with van der Waals surface area (Å²) in [7, 11) is 2.15. The minimum Gasteiger partial charge on any atom is -0.481 e. The Labute approximate surface area is 104 Å². The lowest BCUT2D eigenvalue weighted by molar-refractivity contribution is -0.146. The Hall–Kier alpha value is -0.610. The molecule has 0 aromatic rings. The van der Waals surface area contributed by atoms with Gasteiger partial charge in [-0.3, -0.25) is 4.79 Å². The molecule has 100 valence electrons. The van der Waals surface area contributed by atoms with Crippen LogP contribution >= 0.6 is 0 Å². The number of carboxylic acid groups (broad SMARTS) is 1. The molecule has 0 saturated carbocycles. The number of piperidine rings is 1. The van der Waals surface area contributed by atoms with Gasteiger partial charge < -0.3 is 15.3 Å². The molecule has 1 aliphatic rings. The molecule has 4 nitrogen and oxygen atoms in total. The number of nitrogens with one attached hydrogen (secondary N) is 1. The third-order valence-corrected chi connectivity index (χ3v) is 3.89. The molecule has 1 saturated heterocycles. The molecule has 0 amide bonds. The lowest BCUT2D eigenvalue weighted by atomic mass is 9.80. The average molecular weight is 242 g/mol. The van der Waals surface area contributed by atoms with Gasteiger partial charge in [-0.2, -0.15) is 0 Å². The SMILES string of the molecule is CN1CCC(C)(CNCC(C)(C)C(=O)O)CC1. The summed E-state index contributed by atoms with van der Waals surface area (Å²) in [5.74, 6) is -0.737. The van der Waals surface area contributed by atoms with Crippen molar-refractivity contribution in [3.8, 4) is 0 Å². The molecule has 0 aliphatic carbocycles. The second-order valence-corrected chi connectivity index (χ2v) is 6.41. The van der Waals surface area contributed by atoms with Gasteiger partial charge in [-0.05, 0) is 52.2 Å². The van der Waals surface area contributed by atoms with E-state index in [0.717, 1.165) is 19.6 Å². The minimum atomic E-state index is -0.737. The Kier molecular flexibility index (Phi) is 4.55. The highest BCUT2D eigenvalue weighted by Gasteiger charge is 2.31. The van der Waals surface area contributed by atoms with Crippen molar-refractivity contribution in [3.63, 3.8) is 0 Å². The topological polar surface area (TPSA) is 52.6 Å². The van der Waals surface area contributed by atoms with Crippen molar-refractivity contribution in [1.29, 1.82) is 0 Å². The molecule has 4 heteroatoms. The second kappa shape index (κ2) is 5.36. The third-order valence-electron chi connectivity index (χ3n) is 3.89. The fourth-order valence-corrected chi connectivity index (χ4v) is 2.09. The molecular weight excluding hydrogens is 216 g/mol. The van der Waals surface area contributed by atoms with Crippen LogP contribution in [0.1, 0.15) is 33.6 Å². The maximum absolute atomic E-state index is 11.0. The molecule has 0 spiro atoms. The minimum absolute atomic E-state index is 0.321. The highest BCUT2D eigenvalue weighted by Crippen LogP contribution is 2.29. The van der Waals surface area contributed by atoms with E-state index in [1.165, 1.54) is 12.8 Å². The van der Waals surface area contributed by atoms with Crippen molar-refractivity contribution in [1.82, 2.24) is 10.2 Å². The number of carboxylic acids is 1. The summed E-state index contributed by atoms with van der Waals surface area (Å²) >= 11 is 0. The Morgan fingerprint density at radius 2 is 1.94 bits per heavy atom. The summed E-state index contributed by atoms with van der Waals surface area (Å²) < 4.78 is 0. The van der Waals surface area contributed by atoms with Gasteiger partial charge in [-0.1, -0.05) is 6.92 Å². The number of carbonyl (C=O) groups is 1. The first-order chi connectivity index (χ1) is 7.75. The molecule has 2 N–H and O–H groups in total. The zero-order valence-corrected chi connectivity index (χ0v) is 11.5. The van der Waals surface area contributed by atoms with Crippen molar-refractivity contribution in [3.05, 3.63) is 0 Å². The second-order valence-electron chi connectivity index (χ2n) is 6.41. The number of likely N-dealkylation sites (tertiary alicyclic amines) is 1. The third kappa shape index (κ3) is 4.28. The van der Waals surface area contributed by atoms with Crippen molar-refractivity contribution in [2.24, 2.45) is 10.8 Å². The van der Waals surface area contributed by atoms with E-state index in [2.05, 4.69) is 24.2 Å². The summed E-state index contributed by atoms with van der Waals surface area (Å²) in [5.41, 5.74) is -0.358. The Balaban J connectivity index is 2.33. The number of hydrogen-bond acceptors (Lipinski definition) is 3. The molecule has 1 rings (SSSR count).